The number of amides is 1. The van der Waals surface area contributed by atoms with Crippen molar-refractivity contribution in [2.45, 2.75) is 31.6 Å². The minimum absolute atomic E-state index is 0.0265. The molecule has 1 N–H and O–H groups in total. The van der Waals surface area contributed by atoms with Crippen LogP contribution in [0.2, 0.25) is 0 Å². The van der Waals surface area contributed by atoms with Crippen molar-refractivity contribution < 1.29 is 14.3 Å². The van der Waals surface area contributed by atoms with E-state index in [9.17, 15) is 4.79 Å². The Hall–Kier alpha value is -2.14. The number of nitrogens with one attached hydrogen (secondary N) is 1. The van der Waals surface area contributed by atoms with Gasteiger partial charge in [-0.05, 0) is 29.7 Å². The lowest BCUT2D eigenvalue weighted by atomic mass is 10.0. The molecule has 1 amide bonds. The van der Waals surface area contributed by atoms with Crippen LogP contribution in [-0.4, -0.2) is 25.9 Å². The SMILES string of the molecule is CC[C@H](NC(=O)CCSCc1ccccc1)c1ccc(OC)c(OC)c1. The van der Waals surface area contributed by atoms with E-state index in [0.717, 1.165) is 23.5 Å². The van der Waals surface area contributed by atoms with Gasteiger partial charge in [-0.25, -0.2) is 0 Å². The Labute approximate surface area is 160 Å². The maximum Gasteiger partial charge on any atom is 0.221 e. The molecule has 0 spiro atoms. The van der Waals surface area contributed by atoms with E-state index in [1.807, 2.05) is 36.4 Å². The highest BCUT2D eigenvalue weighted by atomic mass is 32.2. The average Bonchev–Trinajstić information content (AvgIpc) is 2.69. The van der Waals surface area contributed by atoms with E-state index in [4.69, 9.17) is 9.47 Å². The molecule has 0 radical (unpaired) electrons. The van der Waals surface area contributed by atoms with E-state index in [0.29, 0.717) is 17.9 Å². The first-order valence-electron chi connectivity index (χ1n) is 8.80. The summed E-state index contributed by atoms with van der Waals surface area (Å²) < 4.78 is 10.6. The van der Waals surface area contributed by atoms with Gasteiger partial charge in [0.25, 0.3) is 0 Å². The standard InChI is InChI=1S/C21H27NO3S/c1-4-18(17-10-11-19(24-2)20(14-17)25-3)22-21(23)12-13-26-15-16-8-6-5-7-9-16/h5-11,14,18H,4,12-13,15H2,1-3H3,(H,22,23)/t18-/m0/s1. The quantitative estimate of drug-likeness (QED) is 0.619. The van der Waals surface area contributed by atoms with E-state index in [-0.39, 0.29) is 11.9 Å². The van der Waals surface area contributed by atoms with Gasteiger partial charge < -0.3 is 14.8 Å². The van der Waals surface area contributed by atoms with Crippen molar-refractivity contribution in [3.63, 3.8) is 0 Å². The third kappa shape index (κ3) is 5.99. The number of hydrogen-bond donors (Lipinski definition) is 1. The molecule has 0 aromatic heterocycles. The third-order valence-electron chi connectivity index (χ3n) is 4.14. The van der Waals surface area contributed by atoms with Crippen molar-refractivity contribution in [1.29, 1.82) is 0 Å². The molecule has 0 saturated carbocycles. The molecule has 0 aliphatic carbocycles. The summed E-state index contributed by atoms with van der Waals surface area (Å²) in [6.07, 6.45) is 1.33. The second-order valence-electron chi connectivity index (χ2n) is 5.93. The molecule has 0 aliphatic rings. The van der Waals surface area contributed by atoms with Crippen molar-refractivity contribution in [1.82, 2.24) is 5.32 Å². The van der Waals surface area contributed by atoms with Crippen LogP contribution in [0.1, 0.15) is 36.9 Å². The van der Waals surface area contributed by atoms with Crippen molar-refractivity contribution in [3.8, 4) is 11.5 Å². The van der Waals surface area contributed by atoms with E-state index >= 15 is 0 Å². The van der Waals surface area contributed by atoms with Crippen LogP contribution in [0.25, 0.3) is 0 Å². The second kappa shape index (κ2) is 10.8. The number of carbonyl (C=O) groups is 1. The molecule has 2 rings (SSSR count). The molecule has 0 unspecified atom stereocenters. The van der Waals surface area contributed by atoms with Gasteiger partial charge in [-0.3, -0.25) is 4.79 Å². The first-order valence-corrected chi connectivity index (χ1v) is 9.96. The zero-order valence-electron chi connectivity index (χ0n) is 15.7. The van der Waals surface area contributed by atoms with Crippen LogP contribution in [0, 0.1) is 0 Å². The second-order valence-corrected chi connectivity index (χ2v) is 7.04. The first-order chi connectivity index (χ1) is 12.7. The maximum atomic E-state index is 12.3. The largest absolute Gasteiger partial charge is 0.493 e. The van der Waals surface area contributed by atoms with Gasteiger partial charge in [0.2, 0.25) is 5.91 Å². The highest BCUT2D eigenvalue weighted by Crippen LogP contribution is 2.30. The van der Waals surface area contributed by atoms with Crippen molar-refractivity contribution in [2.75, 3.05) is 20.0 Å². The smallest absolute Gasteiger partial charge is 0.221 e. The Morgan fingerprint density at radius 1 is 1.08 bits per heavy atom. The molecule has 2 aromatic rings. The van der Waals surface area contributed by atoms with Crippen molar-refractivity contribution in [2.24, 2.45) is 0 Å². The fraction of sp³-hybridized carbons (Fsp3) is 0.381. The fourth-order valence-electron chi connectivity index (χ4n) is 2.69. The molecule has 0 saturated heterocycles. The number of ether oxygens (including phenoxy) is 2. The van der Waals surface area contributed by atoms with Crippen LogP contribution in [0.3, 0.4) is 0 Å². The molecule has 4 nitrogen and oxygen atoms in total. The molecule has 5 heteroatoms. The Morgan fingerprint density at radius 2 is 1.81 bits per heavy atom. The number of benzene rings is 2. The summed E-state index contributed by atoms with van der Waals surface area (Å²) in [5, 5.41) is 3.12. The molecule has 0 heterocycles. The number of methoxy groups -OCH3 is 2. The Bertz CT molecular complexity index is 691. The number of hydrogen-bond acceptors (Lipinski definition) is 4. The van der Waals surface area contributed by atoms with Crippen molar-refractivity contribution >= 4 is 17.7 Å². The summed E-state index contributed by atoms with van der Waals surface area (Å²) in [5.74, 6) is 3.18. The van der Waals surface area contributed by atoms with Gasteiger partial charge in [-0.15, -0.1) is 0 Å². The molecular weight excluding hydrogens is 346 g/mol. The molecule has 0 aliphatic heterocycles. The summed E-state index contributed by atoms with van der Waals surface area (Å²) in [6.45, 7) is 2.06. The van der Waals surface area contributed by atoms with Crippen LogP contribution < -0.4 is 14.8 Å². The molecule has 0 bridgehead atoms. The average molecular weight is 374 g/mol. The van der Waals surface area contributed by atoms with E-state index < -0.39 is 0 Å². The van der Waals surface area contributed by atoms with Crippen LogP contribution in [0.5, 0.6) is 11.5 Å². The van der Waals surface area contributed by atoms with Gasteiger partial charge in [0, 0.05) is 17.9 Å². The zero-order valence-corrected chi connectivity index (χ0v) is 16.5. The Balaban J connectivity index is 1.84. The summed E-state index contributed by atoms with van der Waals surface area (Å²) in [7, 11) is 3.23. The topological polar surface area (TPSA) is 47.6 Å². The predicted molar refractivity (Wildman–Crippen MR) is 108 cm³/mol. The molecule has 0 fully saturated rings. The maximum absolute atomic E-state index is 12.3. The zero-order chi connectivity index (χ0) is 18.8. The Kier molecular flexibility index (Phi) is 8.35. The van der Waals surface area contributed by atoms with Crippen molar-refractivity contribution in [3.05, 3.63) is 59.7 Å². The Morgan fingerprint density at radius 3 is 2.46 bits per heavy atom. The minimum Gasteiger partial charge on any atom is -0.493 e. The van der Waals surface area contributed by atoms with Gasteiger partial charge in [0.05, 0.1) is 20.3 Å². The van der Waals surface area contributed by atoms with E-state index in [1.54, 1.807) is 26.0 Å². The highest BCUT2D eigenvalue weighted by Gasteiger charge is 2.15. The fourth-order valence-corrected chi connectivity index (χ4v) is 3.59. The van der Waals surface area contributed by atoms with Gasteiger partial charge >= 0.3 is 0 Å². The first kappa shape index (κ1) is 20.2. The van der Waals surface area contributed by atoms with Crippen LogP contribution in [0.15, 0.2) is 48.5 Å². The lowest BCUT2D eigenvalue weighted by Gasteiger charge is -2.19. The molecule has 140 valence electrons. The van der Waals surface area contributed by atoms with E-state index in [1.165, 1.54) is 5.56 Å². The number of carbonyl (C=O) groups excluding carboxylic acids is 1. The van der Waals surface area contributed by atoms with Gasteiger partial charge in [0.15, 0.2) is 11.5 Å². The number of rotatable bonds is 10. The van der Waals surface area contributed by atoms with Crippen LogP contribution in [-0.2, 0) is 10.5 Å². The van der Waals surface area contributed by atoms with Crippen LogP contribution >= 0.6 is 11.8 Å². The summed E-state index contributed by atoms with van der Waals surface area (Å²) >= 11 is 1.78. The molecule has 26 heavy (non-hydrogen) atoms. The normalized spacial score (nSPS) is 11.7. The lowest BCUT2D eigenvalue weighted by Crippen LogP contribution is -2.28. The summed E-state index contributed by atoms with van der Waals surface area (Å²) in [5.41, 5.74) is 2.31. The molecular formula is C21H27NO3S. The lowest BCUT2D eigenvalue weighted by molar-refractivity contribution is -0.121. The van der Waals surface area contributed by atoms with Gasteiger partial charge in [-0.2, -0.15) is 11.8 Å². The molecule has 2 aromatic carbocycles. The van der Waals surface area contributed by atoms with Gasteiger partial charge in [0.1, 0.15) is 0 Å². The van der Waals surface area contributed by atoms with Gasteiger partial charge in [-0.1, -0.05) is 43.3 Å². The molecule has 1 atom stereocenters. The summed E-state index contributed by atoms with van der Waals surface area (Å²) in [4.78, 5) is 12.3. The number of thioether (sulfide) groups is 1. The monoisotopic (exact) mass is 373 g/mol. The minimum atomic E-state index is -0.0265. The van der Waals surface area contributed by atoms with E-state index in [2.05, 4.69) is 24.4 Å². The summed E-state index contributed by atoms with van der Waals surface area (Å²) in [6, 6.07) is 16.1. The third-order valence-corrected chi connectivity index (χ3v) is 5.17. The van der Waals surface area contributed by atoms with Crippen LogP contribution in [0.4, 0.5) is 0 Å². The highest BCUT2D eigenvalue weighted by molar-refractivity contribution is 7.98. The predicted octanol–water partition coefficient (Wildman–Crippen LogP) is 4.59.